The highest BCUT2D eigenvalue weighted by atomic mass is 32.2. The van der Waals surface area contributed by atoms with Gasteiger partial charge >= 0.3 is 0 Å². The lowest BCUT2D eigenvalue weighted by atomic mass is 9.97. The van der Waals surface area contributed by atoms with Crippen molar-refractivity contribution in [1.29, 1.82) is 0 Å². The summed E-state index contributed by atoms with van der Waals surface area (Å²) in [7, 11) is -3.79. The quantitative estimate of drug-likeness (QED) is 0.704. The van der Waals surface area contributed by atoms with Crippen LogP contribution in [0.25, 0.3) is 0 Å². The summed E-state index contributed by atoms with van der Waals surface area (Å²) in [5.41, 5.74) is 0.774. The molecule has 1 unspecified atom stereocenters. The molecule has 0 aliphatic rings. The van der Waals surface area contributed by atoms with Crippen molar-refractivity contribution in [2.45, 2.75) is 44.1 Å². The van der Waals surface area contributed by atoms with Crippen LogP contribution in [-0.2, 0) is 16.4 Å². The van der Waals surface area contributed by atoms with Gasteiger partial charge in [-0.1, -0.05) is 36.4 Å². The summed E-state index contributed by atoms with van der Waals surface area (Å²) in [4.78, 5) is 0.0956. The minimum atomic E-state index is -3.79. The number of benzene rings is 2. The summed E-state index contributed by atoms with van der Waals surface area (Å²) >= 11 is 0. The van der Waals surface area contributed by atoms with Crippen molar-refractivity contribution in [2.24, 2.45) is 0 Å². The molecule has 0 spiro atoms. The Kier molecular flexibility index (Phi) is 6.81. The fourth-order valence-electron chi connectivity index (χ4n) is 2.57. The standard InChI is InChI=1S/C20H27NO4S/c1-4-25-18-11-10-16(2)14-19(18)26(23,24)21-15-20(3,22)13-12-17-8-6-5-7-9-17/h5-11,14,21-22H,4,12-13,15H2,1-3H3. The van der Waals surface area contributed by atoms with Gasteiger partial charge in [0, 0.05) is 6.54 Å². The van der Waals surface area contributed by atoms with Crippen molar-refractivity contribution < 1.29 is 18.3 Å². The Hall–Kier alpha value is -1.89. The van der Waals surface area contributed by atoms with Crippen molar-refractivity contribution >= 4 is 10.0 Å². The van der Waals surface area contributed by atoms with Crippen molar-refractivity contribution in [3.8, 4) is 5.75 Å². The zero-order chi connectivity index (χ0) is 19.2. The molecule has 2 rings (SSSR count). The van der Waals surface area contributed by atoms with Crippen LogP contribution in [0.4, 0.5) is 0 Å². The Balaban J connectivity index is 2.06. The van der Waals surface area contributed by atoms with Crippen LogP contribution >= 0.6 is 0 Å². The van der Waals surface area contributed by atoms with E-state index in [9.17, 15) is 13.5 Å². The maximum atomic E-state index is 12.7. The molecule has 0 fully saturated rings. The van der Waals surface area contributed by atoms with Gasteiger partial charge in [0.15, 0.2) is 0 Å². The number of rotatable bonds is 9. The third-order valence-electron chi connectivity index (χ3n) is 4.13. The summed E-state index contributed by atoms with van der Waals surface area (Å²) in [6.07, 6.45) is 1.12. The maximum absolute atomic E-state index is 12.7. The Morgan fingerprint density at radius 2 is 1.85 bits per heavy atom. The van der Waals surface area contributed by atoms with Crippen molar-refractivity contribution in [3.63, 3.8) is 0 Å². The van der Waals surface area contributed by atoms with Gasteiger partial charge in [-0.05, 0) is 56.9 Å². The molecule has 0 radical (unpaired) electrons. The number of ether oxygens (including phenoxy) is 1. The van der Waals surface area contributed by atoms with Gasteiger partial charge in [0.05, 0.1) is 12.2 Å². The number of aliphatic hydroxyl groups is 1. The van der Waals surface area contributed by atoms with Gasteiger partial charge in [0.1, 0.15) is 10.6 Å². The normalized spacial score (nSPS) is 14.0. The molecule has 6 heteroatoms. The van der Waals surface area contributed by atoms with E-state index in [1.54, 1.807) is 32.0 Å². The van der Waals surface area contributed by atoms with E-state index in [1.807, 2.05) is 37.3 Å². The number of nitrogens with one attached hydrogen (secondary N) is 1. The Morgan fingerprint density at radius 1 is 1.15 bits per heavy atom. The highest BCUT2D eigenvalue weighted by Crippen LogP contribution is 2.25. The Bertz CT molecular complexity index is 817. The number of aryl methyl sites for hydroxylation is 2. The second-order valence-electron chi connectivity index (χ2n) is 6.69. The van der Waals surface area contributed by atoms with E-state index in [2.05, 4.69) is 4.72 Å². The minimum Gasteiger partial charge on any atom is -0.492 e. The van der Waals surface area contributed by atoms with Crippen LogP contribution in [0.1, 0.15) is 31.4 Å². The van der Waals surface area contributed by atoms with Crippen molar-refractivity contribution in [3.05, 3.63) is 59.7 Å². The fourth-order valence-corrected chi connectivity index (χ4v) is 3.96. The minimum absolute atomic E-state index is 0.0678. The zero-order valence-corrected chi connectivity index (χ0v) is 16.3. The third kappa shape index (κ3) is 5.83. The number of hydrogen-bond acceptors (Lipinski definition) is 4. The first kappa shape index (κ1) is 20.4. The highest BCUT2D eigenvalue weighted by Gasteiger charge is 2.26. The van der Waals surface area contributed by atoms with E-state index in [1.165, 1.54) is 0 Å². The van der Waals surface area contributed by atoms with Crippen molar-refractivity contribution in [2.75, 3.05) is 13.2 Å². The first-order chi connectivity index (χ1) is 12.2. The molecule has 26 heavy (non-hydrogen) atoms. The molecular formula is C20H27NO4S. The van der Waals surface area contributed by atoms with Crippen LogP contribution in [0, 0.1) is 6.92 Å². The van der Waals surface area contributed by atoms with Crippen LogP contribution < -0.4 is 9.46 Å². The van der Waals surface area contributed by atoms with E-state index < -0.39 is 15.6 Å². The Morgan fingerprint density at radius 3 is 2.50 bits per heavy atom. The average molecular weight is 378 g/mol. The molecule has 0 heterocycles. The predicted octanol–water partition coefficient (Wildman–Crippen LogP) is 3.06. The van der Waals surface area contributed by atoms with Crippen molar-refractivity contribution in [1.82, 2.24) is 4.72 Å². The SMILES string of the molecule is CCOc1ccc(C)cc1S(=O)(=O)NCC(C)(O)CCc1ccccc1. The van der Waals surface area contributed by atoms with E-state index in [0.717, 1.165) is 11.1 Å². The van der Waals surface area contributed by atoms with Gasteiger partial charge in [-0.25, -0.2) is 13.1 Å². The second kappa shape index (κ2) is 8.66. The van der Waals surface area contributed by atoms with E-state index in [0.29, 0.717) is 25.2 Å². The van der Waals surface area contributed by atoms with Crippen LogP contribution in [-0.4, -0.2) is 32.3 Å². The monoisotopic (exact) mass is 377 g/mol. The summed E-state index contributed by atoms with van der Waals surface area (Å²) in [6.45, 7) is 5.57. The first-order valence-electron chi connectivity index (χ1n) is 8.73. The summed E-state index contributed by atoms with van der Waals surface area (Å²) in [5.74, 6) is 0.314. The van der Waals surface area contributed by atoms with Gasteiger partial charge in [-0.2, -0.15) is 0 Å². The van der Waals surface area contributed by atoms with Gasteiger partial charge in [0.25, 0.3) is 0 Å². The molecular weight excluding hydrogens is 350 g/mol. The predicted molar refractivity (Wildman–Crippen MR) is 103 cm³/mol. The molecule has 142 valence electrons. The molecule has 0 aromatic heterocycles. The molecule has 0 aliphatic carbocycles. The average Bonchev–Trinajstić information content (AvgIpc) is 2.61. The lowest BCUT2D eigenvalue weighted by Gasteiger charge is -2.24. The highest BCUT2D eigenvalue weighted by molar-refractivity contribution is 7.89. The molecule has 0 saturated carbocycles. The van der Waals surface area contributed by atoms with E-state index in [-0.39, 0.29) is 11.4 Å². The first-order valence-corrected chi connectivity index (χ1v) is 10.2. The Labute approximate surface area is 156 Å². The molecule has 2 N–H and O–H groups in total. The van der Waals surface area contributed by atoms with Crippen LogP contribution in [0.15, 0.2) is 53.4 Å². The number of hydrogen-bond donors (Lipinski definition) is 2. The lowest BCUT2D eigenvalue weighted by molar-refractivity contribution is 0.0565. The van der Waals surface area contributed by atoms with Crippen LogP contribution in [0.5, 0.6) is 5.75 Å². The van der Waals surface area contributed by atoms with E-state index in [4.69, 9.17) is 4.74 Å². The molecule has 0 aliphatic heterocycles. The molecule has 2 aromatic rings. The number of sulfonamides is 1. The van der Waals surface area contributed by atoms with Crippen LogP contribution in [0.2, 0.25) is 0 Å². The van der Waals surface area contributed by atoms with Gasteiger partial charge in [0.2, 0.25) is 10.0 Å². The van der Waals surface area contributed by atoms with Gasteiger partial charge in [-0.3, -0.25) is 0 Å². The maximum Gasteiger partial charge on any atom is 0.244 e. The van der Waals surface area contributed by atoms with E-state index >= 15 is 0 Å². The molecule has 0 bridgehead atoms. The lowest BCUT2D eigenvalue weighted by Crippen LogP contribution is -2.41. The van der Waals surface area contributed by atoms with Crippen LogP contribution in [0.3, 0.4) is 0 Å². The topological polar surface area (TPSA) is 75.6 Å². The zero-order valence-electron chi connectivity index (χ0n) is 15.5. The van der Waals surface area contributed by atoms with Gasteiger partial charge in [-0.15, -0.1) is 0 Å². The molecule has 2 aromatic carbocycles. The smallest absolute Gasteiger partial charge is 0.244 e. The molecule has 5 nitrogen and oxygen atoms in total. The summed E-state index contributed by atoms with van der Waals surface area (Å²) in [5, 5.41) is 10.6. The summed E-state index contributed by atoms with van der Waals surface area (Å²) in [6, 6.07) is 14.8. The third-order valence-corrected chi connectivity index (χ3v) is 5.55. The largest absolute Gasteiger partial charge is 0.492 e. The second-order valence-corrected chi connectivity index (χ2v) is 8.43. The van der Waals surface area contributed by atoms with Gasteiger partial charge < -0.3 is 9.84 Å². The molecule has 0 amide bonds. The molecule has 1 atom stereocenters. The fraction of sp³-hybridized carbons (Fsp3) is 0.400. The molecule has 0 saturated heterocycles. The summed E-state index contributed by atoms with van der Waals surface area (Å²) < 4.78 is 33.4.